The van der Waals surface area contributed by atoms with Gasteiger partial charge < -0.3 is 10.2 Å². The molecule has 4 heteroatoms. The van der Waals surface area contributed by atoms with Gasteiger partial charge in [-0.1, -0.05) is 12.1 Å². The van der Waals surface area contributed by atoms with E-state index in [1.807, 2.05) is 24.3 Å². The van der Waals surface area contributed by atoms with Gasteiger partial charge in [0.05, 0.1) is 17.9 Å². The fourth-order valence-electron chi connectivity index (χ4n) is 3.05. The topological polar surface area (TPSA) is 32.3 Å². The number of carbonyl (C=O) groups excluding carboxylic acids is 1. The lowest BCUT2D eigenvalue weighted by molar-refractivity contribution is 0.0998. The van der Waals surface area contributed by atoms with Crippen LogP contribution in [0.3, 0.4) is 0 Å². The minimum absolute atomic E-state index is 0.000558. The lowest BCUT2D eigenvalue weighted by atomic mass is 9.98. The van der Waals surface area contributed by atoms with Crippen molar-refractivity contribution in [2.24, 2.45) is 0 Å². The summed E-state index contributed by atoms with van der Waals surface area (Å²) >= 11 is 0. The lowest BCUT2D eigenvalue weighted by Gasteiger charge is -2.41. The number of nitrogens with zero attached hydrogens (tertiary/aromatic N) is 1. The minimum atomic E-state index is -0.282. The van der Waals surface area contributed by atoms with Crippen LogP contribution in [-0.4, -0.2) is 24.4 Å². The zero-order valence-corrected chi connectivity index (χ0v) is 13.7. The molecule has 0 saturated carbocycles. The van der Waals surface area contributed by atoms with E-state index in [1.165, 1.54) is 6.07 Å². The first-order valence-electron chi connectivity index (χ1n) is 7.77. The maximum atomic E-state index is 13.4. The van der Waals surface area contributed by atoms with Crippen molar-refractivity contribution in [2.45, 2.75) is 26.3 Å². The average molecular weight is 312 g/mol. The number of halogens is 1. The molecule has 0 atom stereocenters. The number of hydrogen-bond donors (Lipinski definition) is 1. The smallest absolute Gasteiger partial charge is 0.182 e. The quantitative estimate of drug-likeness (QED) is 0.869. The Morgan fingerprint density at radius 2 is 2.00 bits per heavy atom. The third-order valence-electron chi connectivity index (χ3n) is 4.12. The van der Waals surface area contributed by atoms with Crippen molar-refractivity contribution in [2.75, 3.05) is 23.3 Å². The highest BCUT2D eigenvalue weighted by Crippen LogP contribution is 2.34. The van der Waals surface area contributed by atoms with Crippen molar-refractivity contribution in [1.82, 2.24) is 0 Å². The summed E-state index contributed by atoms with van der Waals surface area (Å²) in [5.74, 6) is -0.282. The number of hydrogen-bond acceptors (Lipinski definition) is 3. The number of aryl methyl sites for hydroxylation is 1. The molecule has 0 radical (unpaired) electrons. The van der Waals surface area contributed by atoms with Crippen molar-refractivity contribution in [3.8, 4) is 0 Å². The van der Waals surface area contributed by atoms with E-state index in [-0.39, 0.29) is 23.7 Å². The summed E-state index contributed by atoms with van der Waals surface area (Å²) in [6.45, 7) is 6.92. The average Bonchev–Trinajstić information content (AvgIpc) is 2.48. The molecule has 0 amide bonds. The molecule has 0 unspecified atom stereocenters. The number of carbonyl (C=O) groups is 1. The lowest BCUT2D eigenvalue weighted by Crippen LogP contribution is -2.50. The molecule has 23 heavy (non-hydrogen) atoms. The highest BCUT2D eigenvalue weighted by molar-refractivity contribution is 6.00. The summed E-state index contributed by atoms with van der Waals surface area (Å²) in [6.07, 6.45) is 0. The van der Waals surface area contributed by atoms with Crippen LogP contribution in [0.25, 0.3) is 0 Å². The van der Waals surface area contributed by atoms with Crippen molar-refractivity contribution in [1.29, 1.82) is 0 Å². The van der Waals surface area contributed by atoms with E-state index in [2.05, 4.69) is 24.1 Å². The van der Waals surface area contributed by atoms with E-state index < -0.39 is 0 Å². The van der Waals surface area contributed by atoms with Gasteiger partial charge in [0.25, 0.3) is 0 Å². The first-order chi connectivity index (χ1) is 10.9. The van der Waals surface area contributed by atoms with E-state index in [9.17, 15) is 9.18 Å². The third-order valence-corrected chi connectivity index (χ3v) is 4.12. The van der Waals surface area contributed by atoms with Crippen molar-refractivity contribution in [3.05, 3.63) is 59.4 Å². The second-order valence-corrected chi connectivity index (χ2v) is 6.77. The number of rotatable bonds is 3. The van der Waals surface area contributed by atoms with Crippen molar-refractivity contribution >= 4 is 17.2 Å². The molecule has 1 heterocycles. The normalized spacial score (nSPS) is 15.7. The first-order valence-corrected chi connectivity index (χ1v) is 7.77. The van der Waals surface area contributed by atoms with E-state index in [1.54, 1.807) is 19.1 Å². The molecule has 0 bridgehead atoms. The van der Waals surface area contributed by atoms with Crippen molar-refractivity contribution in [3.63, 3.8) is 0 Å². The molecule has 0 saturated heterocycles. The Kier molecular flexibility index (Phi) is 3.84. The maximum absolute atomic E-state index is 13.4. The standard InChI is InChI=1S/C19H21FN2O/c1-13-10-14(8-9-15(13)20)18(23)11-22-12-19(2,3)21-16-6-4-5-7-17(16)22/h4-10,21H,11-12H2,1-3H3. The molecule has 2 aromatic rings. The number of benzene rings is 2. The molecule has 0 spiro atoms. The maximum Gasteiger partial charge on any atom is 0.182 e. The summed E-state index contributed by atoms with van der Waals surface area (Å²) < 4.78 is 13.4. The van der Waals surface area contributed by atoms with Crippen molar-refractivity contribution < 1.29 is 9.18 Å². The number of nitrogens with one attached hydrogen (secondary N) is 1. The summed E-state index contributed by atoms with van der Waals surface area (Å²) in [5, 5.41) is 3.49. The second kappa shape index (κ2) is 5.69. The van der Waals surface area contributed by atoms with Gasteiger partial charge >= 0.3 is 0 Å². The predicted octanol–water partition coefficient (Wildman–Crippen LogP) is 4.03. The second-order valence-electron chi connectivity index (χ2n) is 6.77. The van der Waals surface area contributed by atoms with E-state index >= 15 is 0 Å². The van der Waals surface area contributed by atoms with Crippen LogP contribution in [0, 0.1) is 12.7 Å². The minimum Gasteiger partial charge on any atom is -0.377 e. The van der Waals surface area contributed by atoms with Gasteiger partial charge in [-0.15, -0.1) is 0 Å². The molecule has 3 nitrogen and oxygen atoms in total. The monoisotopic (exact) mass is 312 g/mol. The van der Waals surface area contributed by atoms with Crippen LogP contribution in [0.2, 0.25) is 0 Å². The highest BCUT2D eigenvalue weighted by atomic mass is 19.1. The van der Waals surface area contributed by atoms with Gasteiger partial charge in [0.1, 0.15) is 5.82 Å². The number of para-hydroxylation sites is 2. The Balaban J connectivity index is 1.87. The summed E-state index contributed by atoms with van der Waals surface area (Å²) in [4.78, 5) is 14.7. The van der Waals surface area contributed by atoms with Gasteiger partial charge in [0, 0.05) is 17.6 Å². The molecule has 0 fully saturated rings. The van der Waals surface area contributed by atoms with E-state index in [4.69, 9.17) is 0 Å². The zero-order valence-electron chi connectivity index (χ0n) is 13.7. The van der Waals surface area contributed by atoms with Crippen LogP contribution < -0.4 is 10.2 Å². The molecule has 1 aliphatic rings. The molecule has 2 aromatic carbocycles. The number of fused-ring (bicyclic) bond motifs is 1. The van der Waals surface area contributed by atoms with Crippen LogP contribution in [0.5, 0.6) is 0 Å². The summed E-state index contributed by atoms with van der Waals surface area (Å²) in [5.41, 5.74) is 2.99. The number of anilines is 2. The van der Waals surface area contributed by atoms with Gasteiger partial charge in [-0.3, -0.25) is 4.79 Å². The molecule has 0 aliphatic carbocycles. The van der Waals surface area contributed by atoms with Crippen LogP contribution in [-0.2, 0) is 0 Å². The van der Waals surface area contributed by atoms with Gasteiger partial charge in [0.2, 0.25) is 0 Å². The SMILES string of the molecule is Cc1cc(C(=O)CN2CC(C)(C)Nc3ccccc32)ccc1F. The van der Waals surface area contributed by atoms with Gasteiger partial charge in [0.15, 0.2) is 5.78 Å². The molecule has 0 aromatic heterocycles. The van der Waals surface area contributed by atoms with Crippen LogP contribution in [0.1, 0.15) is 29.8 Å². The molecule has 3 rings (SSSR count). The molecular weight excluding hydrogens is 291 g/mol. The molecular formula is C19H21FN2O. The largest absolute Gasteiger partial charge is 0.377 e. The van der Waals surface area contributed by atoms with Crippen LogP contribution in [0.15, 0.2) is 42.5 Å². The number of ketones is 1. The third kappa shape index (κ3) is 3.21. The molecule has 120 valence electrons. The fraction of sp³-hybridized carbons (Fsp3) is 0.316. The highest BCUT2D eigenvalue weighted by Gasteiger charge is 2.30. The van der Waals surface area contributed by atoms with E-state index in [0.717, 1.165) is 17.9 Å². The Bertz CT molecular complexity index is 755. The summed E-state index contributed by atoms with van der Waals surface area (Å²) in [6, 6.07) is 12.5. The Morgan fingerprint density at radius 3 is 2.74 bits per heavy atom. The Labute approximate surface area is 136 Å². The van der Waals surface area contributed by atoms with Gasteiger partial charge in [-0.05, 0) is 56.7 Å². The Hall–Kier alpha value is -2.36. The molecule has 1 aliphatic heterocycles. The summed E-state index contributed by atoms with van der Waals surface area (Å²) in [7, 11) is 0. The zero-order chi connectivity index (χ0) is 16.6. The van der Waals surface area contributed by atoms with Gasteiger partial charge in [-0.2, -0.15) is 0 Å². The van der Waals surface area contributed by atoms with E-state index in [0.29, 0.717) is 11.1 Å². The molecule has 1 N–H and O–H groups in total. The predicted molar refractivity (Wildman–Crippen MR) is 91.8 cm³/mol. The fourth-order valence-corrected chi connectivity index (χ4v) is 3.05. The van der Waals surface area contributed by atoms with Gasteiger partial charge in [-0.25, -0.2) is 4.39 Å². The van der Waals surface area contributed by atoms with Crippen LogP contribution >= 0.6 is 0 Å². The number of Topliss-reactive ketones (excluding diaryl/α,β-unsaturated/α-hetero) is 1. The van der Waals surface area contributed by atoms with Crippen LogP contribution in [0.4, 0.5) is 15.8 Å². The Morgan fingerprint density at radius 1 is 1.26 bits per heavy atom. The first kappa shape index (κ1) is 15.5.